The molecule has 0 aliphatic carbocycles. The Morgan fingerprint density at radius 1 is 0.673 bits per heavy atom. The van der Waals surface area contributed by atoms with Gasteiger partial charge in [-0.15, -0.1) is 0 Å². The van der Waals surface area contributed by atoms with E-state index in [1.54, 1.807) is 20.8 Å². The number of hydrogen-bond donors (Lipinski definition) is 3. The molecule has 1 unspecified atom stereocenters. The summed E-state index contributed by atoms with van der Waals surface area (Å²) in [5.41, 5.74) is -3.80. The van der Waals surface area contributed by atoms with E-state index < -0.39 is 42.9 Å². The molecule has 0 radical (unpaired) electrons. The highest BCUT2D eigenvalue weighted by atomic mass is 32.2. The summed E-state index contributed by atoms with van der Waals surface area (Å²) in [4.78, 5) is 38.2. The zero-order valence-electron chi connectivity index (χ0n) is 33.3. The standard InChI is InChI=1S/C36H71N3O9S/c1-15-36(13,25-31(3,4)27-49(43,44)37-14)30(42)35(11,12)39-17-19-45-20-21-47-24-29(41)34(9,10)38-16-18-46-22-23-48-33(7,8)26-32(5,6)28(2)40/h37-39H,15-27H2,1-14H3. The maximum Gasteiger partial charge on any atom is 0.211 e. The van der Waals surface area contributed by atoms with Crippen molar-refractivity contribution in [3.63, 3.8) is 0 Å². The van der Waals surface area contributed by atoms with Gasteiger partial charge in [0.2, 0.25) is 10.0 Å². The lowest BCUT2D eigenvalue weighted by Gasteiger charge is -2.40. The third kappa shape index (κ3) is 18.7. The molecule has 1 atom stereocenters. The van der Waals surface area contributed by atoms with Crippen LogP contribution in [-0.4, -0.2) is 115 Å². The summed E-state index contributed by atoms with van der Waals surface area (Å²) in [6.07, 6.45) is 1.64. The molecule has 0 spiro atoms. The van der Waals surface area contributed by atoms with Crippen molar-refractivity contribution >= 4 is 27.4 Å². The summed E-state index contributed by atoms with van der Waals surface area (Å²) in [6.45, 7) is 27.4. The molecule has 0 amide bonds. The minimum Gasteiger partial charge on any atom is -0.378 e. The van der Waals surface area contributed by atoms with Gasteiger partial charge in [0, 0.05) is 23.9 Å². The van der Waals surface area contributed by atoms with Gasteiger partial charge in [-0.05, 0) is 80.2 Å². The van der Waals surface area contributed by atoms with Crippen molar-refractivity contribution in [2.24, 2.45) is 16.2 Å². The highest BCUT2D eigenvalue weighted by Crippen LogP contribution is 2.40. The smallest absolute Gasteiger partial charge is 0.211 e. The molecule has 3 N–H and O–H groups in total. The fraction of sp³-hybridized carbons (Fsp3) is 0.917. The van der Waals surface area contributed by atoms with Crippen molar-refractivity contribution in [2.45, 2.75) is 126 Å². The summed E-state index contributed by atoms with van der Waals surface area (Å²) < 4.78 is 49.5. The van der Waals surface area contributed by atoms with Crippen molar-refractivity contribution < 1.29 is 41.7 Å². The quantitative estimate of drug-likeness (QED) is 0.0956. The Balaban J connectivity index is 4.37. The number of hydrogen-bond acceptors (Lipinski definition) is 11. The number of carbonyl (C=O) groups is 3. The highest BCUT2D eigenvalue weighted by molar-refractivity contribution is 7.89. The topological polar surface area (TPSA) is 158 Å². The van der Waals surface area contributed by atoms with Crippen molar-refractivity contribution in [1.82, 2.24) is 15.4 Å². The van der Waals surface area contributed by atoms with E-state index in [0.29, 0.717) is 65.4 Å². The molecule has 0 saturated heterocycles. The van der Waals surface area contributed by atoms with E-state index in [4.69, 9.17) is 18.9 Å². The molecular formula is C36H71N3O9S. The molecule has 0 saturated carbocycles. The Morgan fingerprint density at radius 3 is 1.65 bits per heavy atom. The Bertz CT molecular complexity index is 1150. The van der Waals surface area contributed by atoms with Crippen LogP contribution < -0.4 is 15.4 Å². The van der Waals surface area contributed by atoms with Crippen molar-refractivity contribution in [1.29, 1.82) is 0 Å². The molecule has 12 nitrogen and oxygen atoms in total. The zero-order valence-corrected chi connectivity index (χ0v) is 34.1. The lowest BCUT2D eigenvalue weighted by atomic mass is 9.67. The minimum absolute atomic E-state index is 0.0294. The van der Waals surface area contributed by atoms with Crippen LogP contribution >= 0.6 is 0 Å². The number of carbonyl (C=O) groups excluding carboxylic acids is 3. The highest BCUT2D eigenvalue weighted by Gasteiger charge is 2.44. The van der Waals surface area contributed by atoms with Crippen molar-refractivity contribution in [2.75, 3.05) is 72.1 Å². The number of nitrogens with one attached hydrogen (secondary N) is 3. The first kappa shape index (κ1) is 47.7. The van der Waals surface area contributed by atoms with Gasteiger partial charge < -0.3 is 29.6 Å². The Hall–Kier alpha value is -1.32. The number of ether oxygens (including phenoxy) is 4. The predicted molar refractivity (Wildman–Crippen MR) is 195 cm³/mol. The van der Waals surface area contributed by atoms with Gasteiger partial charge in [0.25, 0.3) is 0 Å². The monoisotopic (exact) mass is 721 g/mol. The summed E-state index contributed by atoms with van der Waals surface area (Å²) in [5.74, 6) is 0.0240. The molecule has 0 bridgehead atoms. The van der Waals surface area contributed by atoms with Crippen LogP contribution in [0.25, 0.3) is 0 Å². The van der Waals surface area contributed by atoms with E-state index in [0.717, 1.165) is 0 Å². The van der Waals surface area contributed by atoms with E-state index in [9.17, 15) is 22.8 Å². The van der Waals surface area contributed by atoms with Gasteiger partial charge in [-0.3, -0.25) is 14.4 Å². The summed E-state index contributed by atoms with van der Waals surface area (Å²) in [6, 6.07) is 0. The van der Waals surface area contributed by atoms with E-state index in [-0.39, 0.29) is 36.3 Å². The summed E-state index contributed by atoms with van der Waals surface area (Å²) in [5, 5.41) is 6.50. The van der Waals surface area contributed by atoms with Crippen LogP contribution in [0.5, 0.6) is 0 Å². The van der Waals surface area contributed by atoms with Crippen LogP contribution in [0.4, 0.5) is 0 Å². The summed E-state index contributed by atoms with van der Waals surface area (Å²) >= 11 is 0. The molecule has 13 heteroatoms. The molecule has 0 aromatic rings. The normalized spacial score (nSPS) is 14.9. The van der Waals surface area contributed by atoms with Crippen LogP contribution in [0, 0.1) is 16.2 Å². The first-order valence-corrected chi connectivity index (χ1v) is 19.2. The van der Waals surface area contributed by atoms with Gasteiger partial charge in [0.05, 0.1) is 62.1 Å². The van der Waals surface area contributed by atoms with E-state index in [2.05, 4.69) is 15.4 Å². The maximum atomic E-state index is 13.6. The Labute approximate surface area is 298 Å². The third-order valence-corrected chi connectivity index (χ3v) is 10.9. The van der Waals surface area contributed by atoms with E-state index in [1.807, 2.05) is 69.2 Å². The van der Waals surface area contributed by atoms with Crippen LogP contribution in [-0.2, 0) is 43.4 Å². The SMILES string of the molecule is CCC(C)(CC(C)(C)CS(=O)(=O)NC)C(=O)C(C)(C)NCCOCCOCC(=O)C(C)(C)NCCOCCOC(C)(C)CC(C)(C)C(C)=O. The third-order valence-electron chi connectivity index (χ3n) is 9.13. The molecule has 0 aliphatic heterocycles. The molecule has 0 aliphatic rings. The fourth-order valence-electron chi connectivity index (χ4n) is 6.15. The predicted octanol–water partition coefficient (Wildman–Crippen LogP) is 4.09. The average Bonchev–Trinajstić information content (AvgIpc) is 2.95. The molecule has 290 valence electrons. The number of Topliss-reactive ketones (excluding diaryl/α,β-unsaturated/α-hetero) is 3. The molecule has 0 heterocycles. The second-order valence-electron chi connectivity index (χ2n) is 16.6. The fourth-order valence-corrected chi connectivity index (χ4v) is 7.42. The maximum absolute atomic E-state index is 13.6. The van der Waals surface area contributed by atoms with Crippen molar-refractivity contribution in [3.8, 4) is 0 Å². The Morgan fingerprint density at radius 2 is 1.16 bits per heavy atom. The summed E-state index contributed by atoms with van der Waals surface area (Å²) in [7, 11) is -2.02. The second kappa shape index (κ2) is 20.1. The molecular weight excluding hydrogens is 650 g/mol. The second-order valence-corrected chi connectivity index (χ2v) is 18.5. The number of ketones is 3. The van der Waals surface area contributed by atoms with Gasteiger partial charge in [0.15, 0.2) is 11.6 Å². The lowest BCUT2D eigenvalue weighted by molar-refractivity contribution is -0.135. The van der Waals surface area contributed by atoms with Gasteiger partial charge in [-0.2, -0.15) is 0 Å². The van der Waals surface area contributed by atoms with Gasteiger partial charge >= 0.3 is 0 Å². The van der Waals surface area contributed by atoms with Crippen LogP contribution in [0.2, 0.25) is 0 Å². The molecule has 0 aromatic heterocycles. The number of sulfonamides is 1. The first-order valence-electron chi connectivity index (χ1n) is 17.6. The number of rotatable bonds is 29. The molecule has 49 heavy (non-hydrogen) atoms. The van der Waals surface area contributed by atoms with Crippen LogP contribution in [0.15, 0.2) is 0 Å². The van der Waals surface area contributed by atoms with E-state index in [1.165, 1.54) is 7.05 Å². The first-order chi connectivity index (χ1) is 22.2. The molecule has 0 aromatic carbocycles. The van der Waals surface area contributed by atoms with Crippen LogP contribution in [0.1, 0.15) is 109 Å². The largest absolute Gasteiger partial charge is 0.378 e. The van der Waals surface area contributed by atoms with Gasteiger partial charge in [0.1, 0.15) is 12.4 Å². The van der Waals surface area contributed by atoms with Gasteiger partial charge in [-0.1, -0.05) is 41.5 Å². The molecule has 0 rings (SSSR count). The van der Waals surface area contributed by atoms with E-state index >= 15 is 0 Å². The van der Waals surface area contributed by atoms with Crippen LogP contribution in [0.3, 0.4) is 0 Å². The minimum atomic E-state index is -3.42. The van der Waals surface area contributed by atoms with Gasteiger partial charge in [-0.25, -0.2) is 13.1 Å². The zero-order chi connectivity index (χ0) is 38.4. The molecule has 0 fully saturated rings. The van der Waals surface area contributed by atoms with Crippen molar-refractivity contribution in [3.05, 3.63) is 0 Å². The average molecular weight is 722 g/mol. The Kier molecular flexibility index (Phi) is 19.5. The lowest BCUT2D eigenvalue weighted by Crippen LogP contribution is -2.54.